The maximum Gasteiger partial charge on any atom is 0.250 e. The molecule has 7 nitrogen and oxygen atoms in total. The van der Waals surface area contributed by atoms with Crippen LogP contribution >= 0.6 is 56.9 Å². The number of amides is 1. The minimum atomic E-state index is -0.291. The van der Waals surface area contributed by atoms with E-state index < -0.39 is 0 Å². The molecule has 0 spiro atoms. The molecule has 0 atom stereocenters. The molecule has 172 valence electrons. The van der Waals surface area contributed by atoms with Crippen molar-refractivity contribution in [1.82, 2.24) is 20.2 Å². The molecule has 10 heteroatoms. The molecule has 0 saturated heterocycles. The Bertz CT molecular complexity index is 1340. The van der Waals surface area contributed by atoms with E-state index in [0.29, 0.717) is 16.5 Å². The molecule has 1 heterocycles. The summed E-state index contributed by atoms with van der Waals surface area (Å²) in [6.45, 7) is 2.04. The SMILES string of the molecule is Cc1ccc(-c2nnc(SCC(=O)N/N=C/c3cc(I)cc(I)c3O)n2-c2ccccc2)cc1. The molecule has 0 aliphatic heterocycles. The molecule has 4 aromatic rings. The highest BCUT2D eigenvalue weighted by Gasteiger charge is 2.17. The summed E-state index contributed by atoms with van der Waals surface area (Å²) in [5.74, 6) is 0.649. The highest BCUT2D eigenvalue weighted by molar-refractivity contribution is 14.1. The first-order valence-corrected chi connectivity index (χ1v) is 13.3. The largest absolute Gasteiger partial charge is 0.506 e. The highest BCUT2D eigenvalue weighted by atomic mass is 127. The van der Waals surface area contributed by atoms with Crippen LogP contribution in [-0.2, 0) is 4.79 Å². The smallest absolute Gasteiger partial charge is 0.250 e. The Labute approximate surface area is 228 Å². The number of carbonyl (C=O) groups excluding carboxylic acids is 1. The molecule has 0 unspecified atom stereocenters. The second-order valence-corrected chi connectivity index (χ2v) is 10.6. The first kappa shape index (κ1) is 24.7. The molecular formula is C24H19I2N5O2S. The van der Waals surface area contributed by atoms with Gasteiger partial charge in [-0.05, 0) is 76.4 Å². The molecule has 34 heavy (non-hydrogen) atoms. The van der Waals surface area contributed by atoms with Gasteiger partial charge >= 0.3 is 0 Å². The van der Waals surface area contributed by atoms with Crippen LogP contribution in [0.3, 0.4) is 0 Å². The van der Waals surface area contributed by atoms with Crippen LogP contribution in [0.2, 0.25) is 0 Å². The molecule has 0 radical (unpaired) electrons. The Hall–Kier alpha value is -2.45. The van der Waals surface area contributed by atoms with Crippen LogP contribution in [0.5, 0.6) is 5.75 Å². The lowest BCUT2D eigenvalue weighted by Crippen LogP contribution is -2.20. The molecular weight excluding hydrogens is 676 g/mol. The summed E-state index contributed by atoms with van der Waals surface area (Å²) in [7, 11) is 0. The second kappa shape index (κ2) is 11.3. The first-order chi connectivity index (χ1) is 16.4. The maximum atomic E-state index is 12.4. The Morgan fingerprint density at radius 3 is 2.59 bits per heavy atom. The number of para-hydroxylation sites is 1. The van der Waals surface area contributed by atoms with Gasteiger partial charge in [-0.15, -0.1) is 10.2 Å². The van der Waals surface area contributed by atoms with Gasteiger partial charge < -0.3 is 5.11 Å². The van der Waals surface area contributed by atoms with E-state index in [2.05, 4.69) is 65.9 Å². The third kappa shape index (κ3) is 5.96. The number of nitrogens with one attached hydrogen (secondary N) is 1. The van der Waals surface area contributed by atoms with E-state index in [0.717, 1.165) is 24.0 Å². The number of hydrogen-bond acceptors (Lipinski definition) is 6. The van der Waals surface area contributed by atoms with Gasteiger partial charge in [-0.2, -0.15) is 5.10 Å². The zero-order valence-electron chi connectivity index (χ0n) is 17.9. The third-order valence-corrected chi connectivity index (χ3v) is 7.11. The van der Waals surface area contributed by atoms with Gasteiger partial charge in [0.15, 0.2) is 11.0 Å². The number of aromatic hydroxyl groups is 1. The highest BCUT2D eigenvalue weighted by Crippen LogP contribution is 2.28. The molecule has 1 amide bonds. The van der Waals surface area contributed by atoms with Gasteiger partial charge in [0.25, 0.3) is 5.91 Å². The number of aromatic nitrogens is 3. The standard InChI is InChI=1S/C24H19I2N5O2S/c1-15-7-9-16(10-8-15)23-29-30-24(31(23)19-5-3-2-4-6-19)34-14-21(32)28-27-13-17-11-18(25)12-20(26)22(17)33/h2-13,33H,14H2,1H3,(H,28,32)/b27-13+. The van der Waals surface area contributed by atoms with Gasteiger partial charge in [-0.3, -0.25) is 9.36 Å². The Balaban J connectivity index is 1.50. The van der Waals surface area contributed by atoms with Crippen molar-refractivity contribution in [2.45, 2.75) is 12.1 Å². The Morgan fingerprint density at radius 2 is 1.85 bits per heavy atom. The summed E-state index contributed by atoms with van der Waals surface area (Å²) in [6.07, 6.45) is 1.43. The molecule has 2 N–H and O–H groups in total. The number of benzene rings is 3. The minimum absolute atomic E-state index is 0.103. The molecule has 4 rings (SSSR count). The summed E-state index contributed by atoms with van der Waals surface area (Å²) < 4.78 is 3.63. The topological polar surface area (TPSA) is 92.4 Å². The maximum absolute atomic E-state index is 12.4. The predicted molar refractivity (Wildman–Crippen MR) is 152 cm³/mol. The Kier molecular flexibility index (Phi) is 8.21. The molecule has 0 fully saturated rings. The number of halogens is 2. The molecule has 3 aromatic carbocycles. The van der Waals surface area contributed by atoms with Crippen LogP contribution in [0.1, 0.15) is 11.1 Å². The number of rotatable bonds is 7. The van der Waals surface area contributed by atoms with Gasteiger partial charge in [-0.25, -0.2) is 5.43 Å². The lowest BCUT2D eigenvalue weighted by atomic mass is 10.1. The van der Waals surface area contributed by atoms with Crippen molar-refractivity contribution < 1.29 is 9.90 Å². The zero-order chi connectivity index (χ0) is 24.1. The van der Waals surface area contributed by atoms with Gasteiger partial charge in [0, 0.05) is 20.4 Å². The van der Waals surface area contributed by atoms with Crippen molar-refractivity contribution in [3.8, 4) is 22.8 Å². The average Bonchev–Trinajstić information content (AvgIpc) is 3.25. The number of carbonyl (C=O) groups is 1. The number of nitrogens with zero attached hydrogens (tertiary/aromatic N) is 4. The quantitative estimate of drug-likeness (QED) is 0.117. The summed E-state index contributed by atoms with van der Waals surface area (Å²) in [6, 6.07) is 21.5. The minimum Gasteiger partial charge on any atom is -0.506 e. The van der Waals surface area contributed by atoms with E-state index in [9.17, 15) is 9.90 Å². The van der Waals surface area contributed by atoms with Crippen molar-refractivity contribution in [2.24, 2.45) is 5.10 Å². The van der Waals surface area contributed by atoms with Crippen LogP contribution in [0.15, 0.2) is 77.0 Å². The Morgan fingerprint density at radius 1 is 1.12 bits per heavy atom. The van der Waals surface area contributed by atoms with E-state index in [1.807, 2.05) is 72.2 Å². The first-order valence-electron chi connectivity index (χ1n) is 10.1. The van der Waals surface area contributed by atoms with Gasteiger partial charge in [0.2, 0.25) is 0 Å². The fourth-order valence-electron chi connectivity index (χ4n) is 3.08. The van der Waals surface area contributed by atoms with Crippen molar-refractivity contribution in [1.29, 1.82) is 0 Å². The fraction of sp³-hybridized carbons (Fsp3) is 0.0833. The van der Waals surface area contributed by atoms with E-state index in [-0.39, 0.29) is 17.4 Å². The number of hydrazone groups is 1. The van der Waals surface area contributed by atoms with Crippen molar-refractivity contribution in [3.63, 3.8) is 0 Å². The van der Waals surface area contributed by atoms with Crippen LogP contribution in [0, 0.1) is 14.1 Å². The number of thioether (sulfide) groups is 1. The van der Waals surface area contributed by atoms with Crippen LogP contribution < -0.4 is 5.43 Å². The average molecular weight is 695 g/mol. The van der Waals surface area contributed by atoms with E-state index in [1.165, 1.54) is 18.0 Å². The van der Waals surface area contributed by atoms with E-state index in [4.69, 9.17) is 0 Å². The lowest BCUT2D eigenvalue weighted by Gasteiger charge is -2.10. The van der Waals surface area contributed by atoms with Crippen LogP contribution in [-0.4, -0.2) is 37.7 Å². The number of phenols is 1. The molecule has 0 bridgehead atoms. The van der Waals surface area contributed by atoms with E-state index >= 15 is 0 Å². The van der Waals surface area contributed by atoms with Gasteiger partial charge in [0.05, 0.1) is 15.5 Å². The fourth-order valence-corrected chi connectivity index (χ4v) is 5.72. The lowest BCUT2D eigenvalue weighted by molar-refractivity contribution is -0.118. The van der Waals surface area contributed by atoms with E-state index in [1.54, 1.807) is 6.07 Å². The molecule has 0 saturated carbocycles. The number of hydrogen-bond donors (Lipinski definition) is 2. The third-order valence-electron chi connectivity index (χ3n) is 4.74. The summed E-state index contributed by atoms with van der Waals surface area (Å²) in [4.78, 5) is 12.4. The van der Waals surface area contributed by atoms with Gasteiger partial charge in [-0.1, -0.05) is 59.8 Å². The van der Waals surface area contributed by atoms with Crippen molar-refractivity contribution >= 4 is 69.1 Å². The number of phenolic OH excluding ortho intramolecular Hbond substituents is 1. The second-order valence-electron chi connectivity index (χ2n) is 7.25. The summed E-state index contributed by atoms with van der Waals surface area (Å²) in [5.41, 5.74) is 6.06. The molecule has 0 aliphatic carbocycles. The monoisotopic (exact) mass is 695 g/mol. The molecule has 1 aromatic heterocycles. The van der Waals surface area contributed by atoms with Crippen LogP contribution in [0.25, 0.3) is 17.1 Å². The van der Waals surface area contributed by atoms with Crippen LogP contribution in [0.4, 0.5) is 0 Å². The number of aryl methyl sites for hydroxylation is 1. The zero-order valence-corrected chi connectivity index (χ0v) is 23.1. The van der Waals surface area contributed by atoms with Crippen molar-refractivity contribution in [2.75, 3.05) is 5.75 Å². The summed E-state index contributed by atoms with van der Waals surface area (Å²) >= 11 is 5.49. The summed E-state index contributed by atoms with van der Waals surface area (Å²) in [5, 5.41) is 23.5. The van der Waals surface area contributed by atoms with Crippen molar-refractivity contribution in [3.05, 3.63) is 85.0 Å². The predicted octanol–water partition coefficient (Wildman–Crippen LogP) is 5.40. The van der Waals surface area contributed by atoms with Gasteiger partial charge in [0.1, 0.15) is 5.75 Å². The molecule has 0 aliphatic rings. The normalized spacial score (nSPS) is 11.1.